The summed E-state index contributed by atoms with van der Waals surface area (Å²) in [4.78, 5) is 11.5. The van der Waals surface area contributed by atoms with Crippen LogP contribution in [-0.4, -0.2) is 6.29 Å². The van der Waals surface area contributed by atoms with E-state index in [1.807, 2.05) is 37.3 Å². The van der Waals surface area contributed by atoms with Crippen LogP contribution in [0.25, 0.3) is 21.9 Å². The molecule has 2 heteroatoms. The third-order valence-corrected chi connectivity index (χ3v) is 3.55. The molecule has 0 atom stereocenters. The van der Waals surface area contributed by atoms with Crippen molar-refractivity contribution in [3.05, 3.63) is 71.5 Å². The highest BCUT2D eigenvalue weighted by molar-refractivity contribution is 6.05. The first-order valence-corrected chi connectivity index (χ1v) is 6.44. The lowest BCUT2D eigenvalue weighted by Gasteiger charge is -2.12. The Balaban J connectivity index is 2.42. The third-order valence-electron chi connectivity index (χ3n) is 3.55. The molecule has 0 aliphatic rings. The van der Waals surface area contributed by atoms with Crippen LogP contribution in [0.3, 0.4) is 0 Å². The highest BCUT2D eigenvalue weighted by Gasteiger charge is 2.12. The van der Waals surface area contributed by atoms with Crippen LogP contribution >= 0.6 is 0 Å². The number of fused-ring (bicyclic) bond motifs is 1. The van der Waals surface area contributed by atoms with Gasteiger partial charge in [0.05, 0.1) is 0 Å². The van der Waals surface area contributed by atoms with Crippen LogP contribution in [0.5, 0.6) is 0 Å². The van der Waals surface area contributed by atoms with Crippen molar-refractivity contribution >= 4 is 17.1 Å². The van der Waals surface area contributed by atoms with Crippen LogP contribution in [-0.2, 0) is 0 Å². The van der Waals surface area contributed by atoms with Crippen molar-refractivity contribution in [1.82, 2.24) is 0 Å². The molecule has 0 radical (unpaired) electrons. The third kappa shape index (κ3) is 1.99. The molecule has 1 nitrogen and oxygen atoms in total. The van der Waals surface area contributed by atoms with Crippen LogP contribution < -0.4 is 0 Å². The predicted molar refractivity (Wildman–Crippen MR) is 79.5 cm³/mol. The normalized spacial score (nSPS) is 10.7. The van der Waals surface area contributed by atoms with Gasteiger partial charge in [-0.3, -0.25) is 4.79 Å². The summed E-state index contributed by atoms with van der Waals surface area (Å²) in [7, 11) is 0. The van der Waals surface area contributed by atoms with E-state index in [0.29, 0.717) is 5.56 Å². The molecular formula is C18H13FO. The van der Waals surface area contributed by atoms with Crippen LogP contribution in [0, 0.1) is 12.7 Å². The Hall–Kier alpha value is -2.48. The summed E-state index contributed by atoms with van der Waals surface area (Å²) >= 11 is 0. The van der Waals surface area contributed by atoms with Crippen molar-refractivity contribution in [2.45, 2.75) is 6.92 Å². The van der Waals surface area contributed by atoms with Crippen molar-refractivity contribution in [3.8, 4) is 11.1 Å². The molecule has 0 unspecified atom stereocenters. The number of hydrogen-bond donors (Lipinski definition) is 0. The van der Waals surface area contributed by atoms with Gasteiger partial charge in [0.15, 0.2) is 6.29 Å². The highest BCUT2D eigenvalue weighted by atomic mass is 19.1. The summed E-state index contributed by atoms with van der Waals surface area (Å²) in [6.45, 7) is 1.92. The number of benzene rings is 3. The van der Waals surface area contributed by atoms with Gasteiger partial charge in [0.2, 0.25) is 0 Å². The van der Waals surface area contributed by atoms with Gasteiger partial charge in [0, 0.05) is 11.1 Å². The van der Waals surface area contributed by atoms with E-state index in [-0.39, 0.29) is 5.82 Å². The number of aldehydes is 1. The molecule has 0 amide bonds. The first-order valence-electron chi connectivity index (χ1n) is 6.44. The standard InChI is InChI=1S/C18H13FO/c1-12-10-14-4-2-3-5-16(14)18(17(12)11-20)13-6-8-15(19)9-7-13/h2-11H,1H3. The SMILES string of the molecule is Cc1cc2ccccc2c(-c2ccc(F)cc2)c1C=O. The number of halogens is 1. The van der Waals surface area contributed by atoms with E-state index in [0.717, 1.165) is 33.7 Å². The first kappa shape index (κ1) is 12.5. The highest BCUT2D eigenvalue weighted by Crippen LogP contribution is 2.33. The Morgan fingerprint density at radius 3 is 2.40 bits per heavy atom. The summed E-state index contributed by atoms with van der Waals surface area (Å²) in [6, 6.07) is 16.2. The van der Waals surface area contributed by atoms with Gasteiger partial charge in [0.1, 0.15) is 5.82 Å². The fraction of sp³-hybridized carbons (Fsp3) is 0.0556. The second-order valence-corrected chi connectivity index (χ2v) is 4.83. The molecule has 0 aromatic heterocycles. The summed E-state index contributed by atoms with van der Waals surface area (Å²) in [5.74, 6) is -0.279. The van der Waals surface area contributed by atoms with Gasteiger partial charge in [-0.2, -0.15) is 0 Å². The van der Waals surface area contributed by atoms with Crippen LogP contribution in [0.4, 0.5) is 4.39 Å². The molecule has 0 saturated heterocycles. The first-order chi connectivity index (χ1) is 9.70. The molecule has 0 aliphatic heterocycles. The zero-order valence-electron chi connectivity index (χ0n) is 11.1. The fourth-order valence-corrected chi connectivity index (χ4v) is 2.58. The van der Waals surface area contributed by atoms with E-state index in [1.54, 1.807) is 12.1 Å². The Kier molecular flexibility index (Phi) is 3.07. The van der Waals surface area contributed by atoms with Crippen LogP contribution in [0.15, 0.2) is 54.6 Å². The van der Waals surface area contributed by atoms with Gasteiger partial charge in [0.25, 0.3) is 0 Å². The fourth-order valence-electron chi connectivity index (χ4n) is 2.58. The van der Waals surface area contributed by atoms with Gasteiger partial charge >= 0.3 is 0 Å². The summed E-state index contributed by atoms with van der Waals surface area (Å²) in [6.07, 6.45) is 0.875. The number of carbonyl (C=O) groups is 1. The molecule has 3 aromatic rings. The predicted octanol–water partition coefficient (Wildman–Crippen LogP) is 4.77. The largest absolute Gasteiger partial charge is 0.298 e. The maximum Gasteiger partial charge on any atom is 0.150 e. The lowest BCUT2D eigenvalue weighted by Crippen LogP contribution is -1.94. The minimum atomic E-state index is -0.279. The van der Waals surface area contributed by atoms with Crippen molar-refractivity contribution < 1.29 is 9.18 Å². The van der Waals surface area contributed by atoms with Crippen molar-refractivity contribution in [3.63, 3.8) is 0 Å². The minimum absolute atomic E-state index is 0.279. The number of carbonyl (C=O) groups excluding carboxylic acids is 1. The zero-order chi connectivity index (χ0) is 14.1. The van der Waals surface area contributed by atoms with Gasteiger partial charge in [-0.25, -0.2) is 4.39 Å². The molecule has 98 valence electrons. The quantitative estimate of drug-likeness (QED) is 0.609. The topological polar surface area (TPSA) is 17.1 Å². The molecule has 3 rings (SSSR count). The molecule has 3 aromatic carbocycles. The maximum atomic E-state index is 13.1. The molecule has 0 fully saturated rings. The molecule has 0 aliphatic carbocycles. The number of hydrogen-bond acceptors (Lipinski definition) is 1. The molecule has 20 heavy (non-hydrogen) atoms. The van der Waals surface area contributed by atoms with Crippen LogP contribution in [0.1, 0.15) is 15.9 Å². The molecule has 0 N–H and O–H groups in total. The van der Waals surface area contributed by atoms with E-state index < -0.39 is 0 Å². The average molecular weight is 264 g/mol. The summed E-state index contributed by atoms with van der Waals surface area (Å²) in [5.41, 5.74) is 3.32. The van der Waals surface area contributed by atoms with Crippen molar-refractivity contribution in [2.75, 3.05) is 0 Å². The van der Waals surface area contributed by atoms with Gasteiger partial charge < -0.3 is 0 Å². The van der Waals surface area contributed by atoms with E-state index in [1.165, 1.54) is 12.1 Å². The summed E-state index contributed by atoms with van der Waals surface area (Å²) in [5, 5.41) is 2.08. The van der Waals surface area contributed by atoms with E-state index in [4.69, 9.17) is 0 Å². The molecule has 0 spiro atoms. The number of rotatable bonds is 2. The Morgan fingerprint density at radius 1 is 1.00 bits per heavy atom. The monoisotopic (exact) mass is 264 g/mol. The van der Waals surface area contributed by atoms with E-state index in [2.05, 4.69) is 0 Å². The Bertz CT molecular complexity index is 788. The average Bonchev–Trinajstić information content (AvgIpc) is 2.47. The lowest BCUT2D eigenvalue weighted by molar-refractivity contribution is 0.112. The smallest absolute Gasteiger partial charge is 0.150 e. The molecule has 0 heterocycles. The van der Waals surface area contributed by atoms with Crippen molar-refractivity contribution in [2.24, 2.45) is 0 Å². The molecule has 0 bridgehead atoms. The second kappa shape index (κ2) is 4.89. The number of aryl methyl sites for hydroxylation is 1. The van der Waals surface area contributed by atoms with E-state index in [9.17, 15) is 9.18 Å². The van der Waals surface area contributed by atoms with E-state index >= 15 is 0 Å². The molecular weight excluding hydrogens is 251 g/mol. The zero-order valence-corrected chi connectivity index (χ0v) is 11.1. The van der Waals surface area contributed by atoms with Gasteiger partial charge in [-0.05, 0) is 41.0 Å². The van der Waals surface area contributed by atoms with Gasteiger partial charge in [-0.1, -0.05) is 42.5 Å². The Morgan fingerprint density at radius 2 is 1.70 bits per heavy atom. The van der Waals surface area contributed by atoms with Gasteiger partial charge in [-0.15, -0.1) is 0 Å². The maximum absolute atomic E-state index is 13.1. The molecule has 0 saturated carbocycles. The van der Waals surface area contributed by atoms with Crippen LogP contribution in [0.2, 0.25) is 0 Å². The second-order valence-electron chi connectivity index (χ2n) is 4.83. The van der Waals surface area contributed by atoms with Crippen molar-refractivity contribution in [1.29, 1.82) is 0 Å². The minimum Gasteiger partial charge on any atom is -0.298 e. The lowest BCUT2D eigenvalue weighted by atomic mass is 9.91. The Labute approximate surface area is 116 Å². The summed E-state index contributed by atoms with van der Waals surface area (Å²) < 4.78 is 13.1.